The van der Waals surface area contributed by atoms with Crippen LogP contribution in [-0.4, -0.2) is 9.97 Å². The fourth-order valence-electron chi connectivity index (χ4n) is 2.69. The number of hydrogen-bond donors (Lipinski definition) is 1. The smallest absolute Gasteiger partial charge is 0.126 e. The van der Waals surface area contributed by atoms with Gasteiger partial charge in [-0.25, -0.2) is 9.37 Å². The van der Waals surface area contributed by atoms with Crippen LogP contribution in [0.1, 0.15) is 5.69 Å². The van der Waals surface area contributed by atoms with E-state index < -0.39 is 0 Å². The number of nitrogens with one attached hydrogen (secondary N) is 1. The molecule has 0 aliphatic rings. The van der Waals surface area contributed by atoms with Crippen molar-refractivity contribution in [3.8, 4) is 21.8 Å². The highest BCUT2D eigenvalue weighted by Gasteiger charge is 2.14. The zero-order valence-electron chi connectivity index (χ0n) is 11.9. The fraction of sp³-hybridized carbons (Fsp3) is 0.0556. The van der Waals surface area contributed by atoms with Gasteiger partial charge in [0.1, 0.15) is 10.8 Å². The lowest BCUT2D eigenvalue weighted by Gasteiger charge is -1.97. The second kappa shape index (κ2) is 5.07. The summed E-state index contributed by atoms with van der Waals surface area (Å²) in [5.41, 5.74) is 5.19. The lowest BCUT2D eigenvalue weighted by Crippen LogP contribution is -1.81. The molecule has 0 fully saturated rings. The van der Waals surface area contributed by atoms with E-state index in [1.54, 1.807) is 23.5 Å². The van der Waals surface area contributed by atoms with Crippen molar-refractivity contribution < 1.29 is 4.39 Å². The highest BCUT2D eigenvalue weighted by molar-refractivity contribution is 7.13. The number of hydrogen-bond acceptors (Lipinski definition) is 2. The van der Waals surface area contributed by atoms with E-state index >= 15 is 0 Å². The number of aromatic amines is 1. The molecule has 0 unspecified atom stereocenters. The van der Waals surface area contributed by atoms with Gasteiger partial charge >= 0.3 is 0 Å². The largest absolute Gasteiger partial charge is 0.358 e. The van der Waals surface area contributed by atoms with E-state index in [0.717, 1.165) is 33.0 Å². The van der Waals surface area contributed by atoms with Gasteiger partial charge < -0.3 is 4.98 Å². The summed E-state index contributed by atoms with van der Waals surface area (Å²) in [6.07, 6.45) is 0. The molecular weight excluding hydrogens is 295 g/mol. The number of para-hydroxylation sites is 1. The number of halogens is 1. The van der Waals surface area contributed by atoms with Crippen molar-refractivity contribution in [2.24, 2.45) is 0 Å². The van der Waals surface area contributed by atoms with Crippen molar-refractivity contribution in [2.45, 2.75) is 6.92 Å². The molecule has 0 bridgehead atoms. The van der Waals surface area contributed by atoms with E-state index in [1.165, 1.54) is 17.5 Å². The zero-order valence-corrected chi connectivity index (χ0v) is 12.7. The summed E-state index contributed by atoms with van der Waals surface area (Å²) < 4.78 is 13.0. The van der Waals surface area contributed by atoms with Crippen LogP contribution in [-0.2, 0) is 0 Å². The van der Waals surface area contributed by atoms with Crippen LogP contribution >= 0.6 is 11.3 Å². The van der Waals surface area contributed by atoms with Crippen molar-refractivity contribution in [3.63, 3.8) is 0 Å². The molecule has 2 aromatic heterocycles. The predicted molar refractivity (Wildman–Crippen MR) is 89.5 cm³/mol. The number of aryl methyl sites for hydroxylation is 1. The SMILES string of the molecule is Cc1[nH]c2ccccc2c1-c1nc(-c2ccc(F)cc2)cs1. The van der Waals surface area contributed by atoms with Gasteiger partial charge in [-0.1, -0.05) is 18.2 Å². The first-order valence-corrected chi connectivity index (χ1v) is 7.89. The first kappa shape index (κ1) is 13.2. The number of thiazole rings is 1. The van der Waals surface area contributed by atoms with Crippen LogP contribution in [0, 0.1) is 12.7 Å². The Labute approximate surface area is 131 Å². The van der Waals surface area contributed by atoms with E-state index in [1.807, 2.05) is 17.5 Å². The number of aromatic nitrogens is 2. The highest BCUT2D eigenvalue weighted by Crippen LogP contribution is 2.35. The number of H-pyrrole nitrogens is 1. The fourth-order valence-corrected chi connectivity index (χ4v) is 3.64. The van der Waals surface area contributed by atoms with Crippen LogP contribution < -0.4 is 0 Å². The van der Waals surface area contributed by atoms with Crippen molar-refractivity contribution in [1.82, 2.24) is 9.97 Å². The molecule has 4 heteroatoms. The van der Waals surface area contributed by atoms with E-state index in [4.69, 9.17) is 4.98 Å². The molecule has 0 radical (unpaired) electrons. The predicted octanol–water partition coefficient (Wildman–Crippen LogP) is 5.41. The first-order valence-electron chi connectivity index (χ1n) is 7.01. The molecule has 1 N–H and O–H groups in total. The molecule has 0 amide bonds. The lowest BCUT2D eigenvalue weighted by molar-refractivity contribution is 0.628. The van der Waals surface area contributed by atoms with Gasteiger partial charge in [-0.15, -0.1) is 11.3 Å². The summed E-state index contributed by atoms with van der Waals surface area (Å²) in [7, 11) is 0. The van der Waals surface area contributed by atoms with E-state index in [9.17, 15) is 4.39 Å². The molecule has 0 atom stereocenters. The van der Waals surface area contributed by atoms with Crippen LogP contribution in [0.5, 0.6) is 0 Å². The molecular formula is C18H13FN2S. The number of nitrogens with zero attached hydrogens (tertiary/aromatic N) is 1. The van der Waals surface area contributed by atoms with Crippen molar-refractivity contribution in [2.75, 3.05) is 0 Å². The molecule has 0 spiro atoms. The van der Waals surface area contributed by atoms with Crippen LogP contribution in [0.2, 0.25) is 0 Å². The van der Waals surface area contributed by atoms with Crippen molar-refractivity contribution in [1.29, 1.82) is 0 Å². The summed E-state index contributed by atoms with van der Waals surface area (Å²) in [4.78, 5) is 8.14. The van der Waals surface area contributed by atoms with Crippen LogP contribution in [0.3, 0.4) is 0 Å². The van der Waals surface area contributed by atoms with Gasteiger partial charge in [-0.05, 0) is 37.3 Å². The minimum Gasteiger partial charge on any atom is -0.358 e. The highest BCUT2D eigenvalue weighted by atomic mass is 32.1. The third kappa shape index (κ3) is 2.12. The van der Waals surface area contributed by atoms with E-state index in [2.05, 4.69) is 24.0 Å². The molecule has 0 saturated carbocycles. The molecule has 2 heterocycles. The molecule has 0 saturated heterocycles. The Morgan fingerprint density at radius 1 is 1.05 bits per heavy atom. The van der Waals surface area contributed by atoms with Crippen LogP contribution in [0.25, 0.3) is 32.7 Å². The van der Waals surface area contributed by atoms with Gasteiger partial charge in [0.25, 0.3) is 0 Å². The van der Waals surface area contributed by atoms with Crippen LogP contribution in [0.4, 0.5) is 4.39 Å². The summed E-state index contributed by atoms with van der Waals surface area (Å²) in [5.74, 6) is -0.230. The maximum atomic E-state index is 13.0. The minimum atomic E-state index is -0.230. The van der Waals surface area contributed by atoms with E-state index in [-0.39, 0.29) is 5.82 Å². The molecule has 0 aliphatic heterocycles. The van der Waals surface area contributed by atoms with Gasteiger partial charge in [0.2, 0.25) is 0 Å². The molecule has 22 heavy (non-hydrogen) atoms. The lowest BCUT2D eigenvalue weighted by atomic mass is 10.1. The molecule has 108 valence electrons. The Balaban J connectivity index is 1.83. The Morgan fingerprint density at radius 3 is 2.64 bits per heavy atom. The molecule has 2 aromatic carbocycles. The normalized spacial score (nSPS) is 11.2. The Bertz CT molecular complexity index is 951. The molecule has 0 aliphatic carbocycles. The Morgan fingerprint density at radius 2 is 1.82 bits per heavy atom. The average molecular weight is 308 g/mol. The number of fused-ring (bicyclic) bond motifs is 1. The number of rotatable bonds is 2. The van der Waals surface area contributed by atoms with Gasteiger partial charge in [0.15, 0.2) is 0 Å². The molecule has 4 aromatic rings. The third-order valence-corrected chi connectivity index (χ3v) is 4.61. The third-order valence-electron chi connectivity index (χ3n) is 3.75. The maximum Gasteiger partial charge on any atom is 0.126 e. The van der Waals surface area contributed by atoms with Gasteiger partial charge in [0, 0.05) is 33.1 Å². The zero-order chi connectivity index (χ0) is 15.1. The second-order valence-electron chi connectivity index (χ2n) is 5.22. The van der Waals surface area contributed by atoms with Crippen molar-refractivity contribution >= 4 is 22.2 Å². The summed E-state index contributed by atoms with van der Waals surface area (Å²) in [6, 6.07) is 14.7. The van der Waals surface area contributed by atoms with Crippen molar-refractivity contribution in [3.05, 3.63) is 65.4 Å². The van der Waals surface area contributed by atoms with Gasteiger partial charge in [0.05, 0.1) is 5.69 Å². The van der Waals surface area contributed by atoms with Gasteiger partial charge in [-0.3, -0.25) is 0 Å². The molecule has 4 rings (SSSR count). The minimum absolute atomic E-state index is 0.230. The Kier molecular flexibility index (Phi) is 3.05. The first-order chi connectivity index (χ1) is 10.7. The van der Waals surface area contributed by atoms with Crippen LogP contribution in [0.15, 0.2) is 53.9 Å². The average Bonchev–Trinajstić information content (AvgIpc) is 3.11. The Hall–Kier alpha value is -2.46. The second-order valence-corrected chi connectivity index (χ2v) is 6.07. The monoisotopic (exact) mass is 308 g/mol. The topological polar surface area (TPSA) is 28.7 Å². The summed E-state index contributed by atoms with van der Waals surface area (Å²) >= 11 is 1.61. The quantitative estimate of drug-likeness (QED) is 0.527. The summed E-state index contributed by atoms with van der Waals surface area (Å²) in [6.45, 7) is 2.06. The maximum absolute atomic E-state index is 13.0. The van der Waals surface area contributed by atoms with E-state index in [0.29, 0.717) is 0 Å². The standard InChI is InChI=1S/C18H13FN2S/c1-11-17(14-4-2-3-5-15(14)20-11)18-21-16(10-22-18)12-6-8-13(19)9-7-12/h2-10,20H,1H3. The summed E-state index contributed by atoms with van der Waals surface area (Å²) in [5, 5.41) is 4.18. The number of benzene rings is 2. The van der Waals surface area contributed by atoms with Gasteiger partial charge in [-0.2, -0.15) is 0 Å². The molecule has 2 nitrogen and oxygen atoms in total.